The van der Waals surface area contributed by atoms with Gasteiger partial charge in [0.2, 0.25) is 0 Å². The quantitative estimate of drug-likeness (QED) is 0.492. The standard InChI is InChI=1S/C14H20Br2O2/c1-4-10(2)14(16)11-5-6-13(12(15)9-11)18-8-7-17-3/h5-6,9-10,14H,4,7-8H2,1-3H3. The van der Waals surface area contributed by atoms with E-state index in [0.717, 1.165) is 16.6 Å². The van der Waals surface area contributed by atoms with Crippen molar-refractivity contribution in [3.8, 4) is 5.75 Å². The van der Waals surface area contributed by atoms with E-state index < -0.39 is 0 Å². The summed E-state index contributed by atoms with van der Waals surface area (Å²) in [7, 11) is 1.67. The Morgan fingerprint density at radius 2 is 2.00 bits per heavy atom. The Labute approximate surface area is 126 Å². The van der Waals surface area contributed by atoms with Gasteiger partial charge in [-0.15, -0.1) is 0 Å². The second-order valence-electron chi connectivity index (χ2n) is 4.32. The zero-order chi connectivity index (χ0) is 13.5. The highest BCUT2D eigenvalue weighted by molar-refractivity contribution is 9.10. The Morgan fingerprint density at radius 3 is 2.56 bits per heavy atom. The normalized spacial score (nSPS) is 14.3. The van der Waals surface area contributed by atoms with Crippen molar-refractivity contribution in [2.45, 2.75) is 25.1 Å². The smallest absolute Gasteiger partial charge is 0.133 e. The molecule has 1 rings (SSSR count). The second kappa shape index (κ2) is 8.18. The molecule has 1 aromatic rings. The van der Waals surface area contributed by atoms with Gasteiger partial charge in [0.15, 0.2) is 0 Å². The van der Waals surface area contributed by atoms with E-state index in [2.05, 4.69) is 57.8 Å². The van der Waals surface area contributed by atoms with Gasteiger partial charge in [0, 0.05) is 11.9 Å². The van der Waals surface area contributed by atoms with Gasteiger partial charge in [-0.25, -0.2) is 0 Å². The largest absolute Gasteiger partial charge is 0.490 e. The van der Waals surface area contributed by atoms with Crippen molar-refractivity contribution in [1.82, 2.24) is 0 Å². The van der Waals surface area contributed by atoms with Crippen LogP contribution < -0.4 is 4.74 Å². The van der Waals surface area contributed by atoms with E-state index in [1.165, 1.54) is 5.56 Å². The van der Waals surface area contributed by atoms with Crippen molar-refractivity contribution in [1.29, 1.82) is 0 Å². The van der Waals surface area contributed by atoms with Crippen LogP contribution in [0.25, 0.3) is 0 Å². The van der Waals surface area contributed by atoms with Crippen LogP contribution in [0.2, 0.25) is 0 Å². The molecular formula is C14H20Br2O2. The van der Waals surface area contributed by atoms with E-state index in [9.17, 15) is 0 Å². The topological polar surface area (TPSA) is 18.5 Å². The summed E-state index contributed by atoms with van der Waals surface area (Å²) in [6.45, 7) is 5.62. The molecule has 2 atom stereocenters. The Morgan fingerprint density at radius 1 is 1.28 bits per heavy atom. The fraction of sp³-hybridized carbons (Fsp3) is 0.571. The number of methoxy groups -OCH3 is 1. The fourth-order valence-electron chi connectivity index (χ4n) is 1.58. The minimum Gasteiger partial charge on any atom is -0.490 e. The molecule has 102 valence electrons. The second-order valence-corrected chi connectivity index (χ2v) is 6.16. The van der Waals surface area contributed by atoms with Crippen molar-refractivity contribution in [3.63, 3.8) is 0 Å². The summed E-state index contributed by atoms with van der Waals surface area (Å²) in [4.78, 5) is 0.381. The van der Waals surface area contributed by atoms with Gasteiger partial charge in [0.1, 0.15) is 12.4 Å². The maximum absolute atomic E-state index is 5.61. The number of ether oxygens (including phenoxy) is 2. The monoisotopic (exact) mass is 378 g/mol. The third-order valence-electron chi connectivity index (χ3n) is 2.96. The fourth-order valence-corrected chi connectivity index (χ4v) is 2.75. The lowest BCUT2D eigenvalue weighted by atomic mass is 9.99. The third kappa shape index (κ3) is 4.56. The van der Waals surface area contributed by atoms with Crippen molar-refractivity contribution in [3.05, 3.63) is 28.2 Å². The van der Waals surface area contributed by atoms with E-state index >= 15 is 0 Å². The van der Waals surface area contributed by atoms with Crippen LogP contribution >= 0.6 is 31.9 Å². The number of hydrogen-bond acceptors (Lipinski definition) is 2. The molecule has 18 heavy (non-hydrogen) atoms. The first kappa shape index (κ1) is 16.0. The van der Waals surface area contributed by atoms with Crippen LogP contribution in [0.1, 0.15) is 30.7 Å². The third-order valence-corrected chi connectivity index (χ3v) is 5.01. The molecule has 0 aliphatic carbocycles. The van der Waals surface area contributed by atoms with Gasteiger partial charge in [-0.2, -0.15) is 0 Å². The molecule has 0 bridgehead atoms. The first-order valence-electron chi connectivity index (χ1n) is 6.15. The highest BCUT2D eigenvalue weighted by Gasteiger charge is 2.15. The van der Waals surface area contributed by atoms with E-state index in [1.807, 2.05) is 6.07 Å². The zero-order valence-corrected chi connectivity index (χ0v) is 14.3. The maximum Gasteiger partial charge on any atom is 0.133 e. The molecule has 0 N–H and O–H groups in total. The highest BCUT2D eigenvalue weighted by Crippen LogP contribution is 2.36. The maximum atomic E-state index is 5.61. The Kier molecular flexibility index (Phi) is 7.27. The molecule has 1 aromatic carbocycles. The molecule has 0 radical (unpaired) electrons. The zero-order valence-electron chi connectivity index (χ0n) is 11.1. The Balaban J connectivity index is 2.72. The molecule has 0 heterocycles. The Hall–Kier alpha value is -0.0600. The SMILES string of the molecule is CCC(C)C(Br)c1ccc(OCCOC)c(Br)c1. The van der Waals surface area contributed by atoms with Gasteiger partial charge in [0.05, 0.1) is 11.1 Å². The van der Waals surface area contributed by atoms with Crippen LogP contribution in [-0.2, 0) is 4.74 Å². The summed E-state index contributed by atoms with van der Waals surface area (Å²) >= 11 is 7.30. The molecule has 0 aliphatic heterocycles. The predicted molar refractivity (Wildman–Crippen MR) is 82.6 cm³/mol. The van der Waals surface area contributed by atoms with Gasteiger partial charge in [-0.3, -0.25) is 0 Å². The van der Waals surface area contributed by atoms with E-state index in [1.54, 1.807) is 7.11 Å². The Bertz CT molecular complexity index is 369. The summed E-state index contributed by atoms with van der Waals surface area (Å²) in [5.74, 6) is 1.47. The predicted octanol–water partition coefficient (Wildman–Crippen LogP) is 4.96. The first-order chi connectivity index (χ1) is 8.60. The summed E-state index contributed by atoms with van der Waals surface area (Å²) in [5.41, 5.74) is 1.27. The van der Waals surface area contributed by atoms with Gasteiger partial charge in [-0.1, -0.05) is 42.3 Å². The lowest BCUT2D eigenvalue weighted by molar-refractivity contribution is 0.146. The van der Waals surface area contributed by atoms with E-state index in [4.69, 9.17) is 9.47 Å². The van der Waals surface area contributed by atoms with Crippen molar-refractivity contribution in [2.75, 3.05) is 20.3 Å². The number of halogens is 2. The van der Waals surface area contributed by atoms with Crippen LogP contribution in [-0.4, -0.2) is 20.3 Å². The lowest BCUT2D eigenvalue weighted by Crippen LogP contribution is -2.06. The molecule has 0 saturated heterocycles. The van der Waals surface area contributed by atoms with Crippen LogP contribution in [0, 0.1) is 5.92 Å². The molecule has 0 aromatic heterocycles. The molecule has 0 saturated carbocycles. The van der Waals surface area contributed by atoms with Crippen LogP contribution in [0.15, 0.2) is 22.7 Å². The highest BCUT2D eigenvalue weighted by atomic mass is 79.9. The van der Waals surface area contributed by atoms with Crippen molar-refractivity contribution in [2.24, 2.45) is 5.92 Å². The van der Waals surface area contributed by atoms with Crippen molar-refractivity contribution >= 4 is 31.9 Å². The molecular weight excluding hydrogens is 360 g/mol. The molecule has 0 amide bonds. The summed E-state index contributed by atoms with van der Waals surface area (Å²) in [5, 5.41) is 0. The van der Waals surface area contributed by atoms with Crippen LogP contribution in [0.4, 0.5) is 0 Å². The number of alkyl halides is 1. The molecule has 2 nitrogen and oxygen atoms in total. The van der Waals surface area contributed by atoms with E-state index in [0.29, 0.717) is 24.0 Å². The first-order valence-corrected chi connectivity index (χ1v) is 7.86. The van der Waals surface area contributed by atoms with Gasteiger partial charge < -0.3 is 9.47 Å². The molecule has 0 spiro atoms. The van der Waals surface area contributed by atoms with Gasteiger partial charge in [0.25, 0.3) is 0 Å². The summed E-state index contributed by atoms with van der Waals surface area (Å²) < 4.78 is 11.6. The summed E-state index contributed by atoms with van der Waals surface area (Å²) in [6, 6.07) is 6.23. The van der Waals surface area contributed by atoms with Gasteiger partial charge >= 0.3 is 0 Å². The number of hydrogen-bond donors (Lipinski definition) is 0. The number of benzene rings is 1. The summed E-state index contributed by atoms with van der Waals surface area (Å²) in [6.07, 6.45) is 1.15. The molecule has 2 unspecified atom stereocenters. The van der Waals surface area contributed by atoms with Gasteiger partial charge in [-0.05, 0) is 39.5 Å². The van der Waals surface area contributed by atoms with E-state index in [-0.39, 0.29) is 0 Å². The van der Waals surface area contributed by atoms with Crippen LogP contribution in [0.5, 0.6) is 5.75 Å². The average molecular weight is 380 g/mol. The average Bonchev–Trinajstić information content (AvgIpc) is 2.39. The van der Waals surface area contributed by atoms with Crippen LogP contribution in [0.3, 0.4) is 0 Å². The number of rotatable bonds is 7. The lowest BCUT2D eigenvalue weighted by Gasteiger charge is -2.18. The molecule has 0 fully saturated rings. The minimum absolute atomic E-state index is 0.381. The molecule has 0 aliphatic rings. The minimum atomic E-state index is 0.381. The van der Waals surface area contributed by atoms with Crippen molar-refractivity contribution < 1.29 is 9.47 Å². The molecule has 4 heteroatoms.